The molecule has 156 valence electrons. The number of ether oxygens (including phenoxy) is 2. The Labute approximate surface area is 170 Å². The molecule has 2 saturated carbocycles. The van der Waals surface area contributed by atoms with E-state index in [2.05, 4.69) is 10.3 Å². The summed E-state index contributed by atoms with van der Waals surface area (Å²) in [6.07, 6.45) is 6.78. The van der Waals surface area contributed by atoms with Crippen LogP contribution in [-0.4, -0.2) is 44.3 Å². The summed E-state index contributed by atoms with van der Waals surface area (Å²) in [5.41, 5.74) is 2.89. The molecule has 0 aliphatic heterocycles. The highest BCUT2D eigenvalue weighted by Crippen LogP contribution is 2.41. The number of aromatic nitrogens is 4. The first-order valence-electron chi connectivity index (χ1n) is 10.4. The number of pyridine rings is 1. The van der Waals surface area contributed by atoms with Crippen molar-refractivity contribution in [3.8, 4) is 17.1 Å². The number of carbonyl (C=O) groups is 1. The van der Waals surface area contributed by atoms with Crippen LogP contribution in [0.4, 0.5) is 0 Å². The Bertz CT molecular complexity index is 878. The largest absolute Gasteiger partial charge is 0.488 e. The highest BCUT2D eigenvalue weighted by molar-refractivity contribution is 5.72. The van der Waals surface area contributed by atoms with E-state index >= 15 is 0 Å². The lowest BCUT2D eigenvalue weighted by Crippen LogP contribution is -2.30. The fraction of sp³-hybridized carbons (Fsp3) is 0.619. The number of methoxy groups -OCH3 is 1. The zero-order valence-corrected chi connectivity index (χ0v) is 17.0. The highest BCUT2D eigenvalue weighted by Gasteiger charge is 2.31. The van der Waals surface area contributed by atoms with Gasteiger partial charge < -0.3 is 14.6 Å². The molecule has 2 atom stereocenters. The Hall–Kier alpha value is -2.48. The predicted octanol–water partition coefficient (Wildman–Crippen LogP) is 2.75. The molecule has 2 fully saturated rings. The molecule has 0 saturated heterocycles. The van der Waals surface area contributed by atoms with Crippen molar-refractivity contribution < 1.29 is 19.4 Å². The van der Waals surface area contributed by atoms with Crippen molar-refractivity contribution >= 4 is 5.97 Å². The van der Waals surface area contributed by atoms with Crippen LogP contribution >= 0.6 is 0 Å². The Balaban J connectivity index is 1.59. The first-order valence-corrected chi connectivity index (χ1v) is 10.4. The van der Waals surface area contributed by atoms with Gasteiger partial charge in [-0.05, 0) is 50.7 Å². The second-order valence-electron chi connectivity index (χ2n) is 8.00. The number of esters is 1. The number of aryl methyl sites for hydroxylation is 1. The molecule has 2 aromatic heterocycles. The van der Waals surface area contributed by atoms with Crippen LogP contribution in [0.3, 0.4) is 0 Å². The van der Waals surface area contributed by atoms with Gasteiger partial charge in [0.25, 0.3) is 0 Å². The van der Waals surface area contributed by atoms with Crippen LogP contribution < -0.4 is 4.74 Å². The number of hydrogen-bond donors (Lipinski definition) is 1. The lowest BCUT2D eigenvalue weighted by Gasteiger charge is -2.31. The molecule has 8 heteroatoms. The number of rotatable bonds is 6. The first-order chi connectivity index (χ1) is 14.1. The van der Waals surface area contributed by atoms with Crippen LogP contribution in [-0.2, 0) is 23.2 Å². The van der Waals surface area contributed by atoms with Gasteiger partial charge in [-0.25, -0.2) is 9.67 Å². The maximum atomic E-state index is 11.9. The minimum atomic E-state index is -0.148. The van der Waals surface area contributed by atoms with Crippen molar-refractivity contribution in [3.63, 3.8) is 0 Å². The minimum absolute atomic E-state index is 0.0103. The van der Waals surface area contributed by atoms with Crippen LogP contribution in [0.2, 0.25) is 0 Å². The molecule has 0 radical (unpaired) electrons. The van der Waals surface area contributed by atoms with Crippen LogP contribution in [0.1, 0.15) is 62.3 Å². The van der Waals surface area contributed by atoms with Gasteiger partial charge in [0.1, 0.15) is 11.4 Å². The number of hydrogen-bond acceptors (Lipinski definition) is 7. The molecule has 0 bridgehead atoms. The predicted molar refractivity (Wildman–Crippen MR) is 105 cm³/mol. The Kier molecular flexibility index (Phi) is 5.80. The fourth-order valence-electron chi connectivity index (χ4n) is 4.23. The van der Waals surface area contributed by atoms with Crippen molar-refractivity contribution in [1.29, 1.82) is 0 Å². The standard InChI is InChI=1S/C21H28N4O4/c1-25-17(12-26)20(23-24-25)16-9-10-18(19(22-16)13-5-3-6-13)29-15-8-4-7-14(11-15)21(27)28-2/h9-10,13-15,26H,3-8,11-12H2,1-2H3/t14-,15-/m0/s1. The first kappa shape index (κ1) is 19.8. The van der Waals surface area contributed by atoms with Crippen LogP contribution in [0.15, 0.2) is 12.1 Å². The molecule has 2 heterocycles. The molecule has 8 nitrogen and oxygen atoms in total. The lowest BCUT2D eigenvalue weighted by molar-refractivity contribution is -0.147. The van der Waals surface area contributed by atoms with Gasteiger partial charge in [-0.15, -0.1) is 5.10 Å². The highest BCUT2D eigenvalue weighted by atomic mass is 16.5. The Morgan fingerprint density at radius 1 is 1.24 bits per heavy atom. The van der Waals surface area contributed by atoms with Gasteiger partial charge in [0.05, 0.1) is 42.8 Å². The van der Waals surface area contributed by atoms with Gasteiger partial charge in [-0.1, -0.05) is 11.6 Å². The van der Waals surface area contributed by atoms with Gasteiger partial charge in [0.2, 0.25) is 0 Å². The fourth-order valence-corrected chi connectivity index (χ4v) is 4.23. The topological polar surface area (TPSA) is 99.4 Å². The van der Waals surface area contributed by atoms with E-state index in [0.717, 1.165) is 43.5 Å². The van der Waals surface area contributed by atoms with E-state index < -0.39 is 0 Å². The SMILES string of the molecule is COC(=O)[C@H]1CCC[C@H](Oc2ccc(-c3nnn(C)c3CO)nc2C2CCC2)C1. The maximum absolute atomic E-state index is 11.9. The molecule has 0 aromatic carbocycles. The summed E-state index contributed by atoms with van der Waals surface area (Å²) in [4.78, 5) is 16.8. The lowest BCUT2D eigenvalue weighted by atomic mass is 9.82. The molecule has 2 aromatic rings. The molecule has 1 N–H and O–H groups in total. The van der Waals surface area contributed by atoms with Gasteiger partial charge in [0, 0.05) is 13.0 Å². The molecular weight excluding hydrogens is 372 g/mol. The molecule has 0 amide bonds. The zero-order chi connectivity index (χ0) is 20.4. The third-order valence-electron chi connectivity index (χ3n) is 6.17. The van der Waals surface area contributed by atoms with Crippen molar-refractivity contribution in [3.05, 3.63) is 23.5 Å². The quantitative estimate of drug-likeness (QED) is 0.744. The molecule has 29 heavy (non-hydrogen) atoms. The summed E-state index contributed by atoms with van der Waals surface area (Å²) in [5, 5.41) is 17.9. The van der Waals surface area contributed by atoms with E-state index in [-0.39, 0.29) is 24.6 Å². The Morgan fingerprint density at radius 3 is 2.72 bits per heavy atom. The molecule has 2 aliphatic carbocycles. The van der Waals surface area contributed by atoms with Gasteiger partial charge in [-0.2, -0.15) is 0 Å². The van der Waals surface area contributed by atoms with E-state index in [1.165, 1.54) is 13.5 Å². The summed E-state index contributed by atoms with van der Waals surface area (Å²) in [6, 6.07) is 3.83. The zero-order valence-electron chi connectivity index (χ0n) is 17.0. The number of carbonyl (C=O) groups excluding carboxylic acids is 1. The summed E-state index contributed by atoms with van der Waals surface area (Å²) < 4.78 is 12.9. The summed E-state index contributed by atoms with van der Waals surface area (Å²) in [6.45, 7) is -0.144. The molecular formula is C21H28N4O4. The van der Waals surface area contributed by atoms with Crippen molar-refractivity contribution in [1.82, 2.24) is 20.0 Å². The van der Waals surface area contributed by atoms with Crippen molar-refractivity contribution in [2.45, 2.75) is 63.6 Å². The minimum Gasteiger partial charge on any atom is -0.488 e. The number of nitrogens with zero attached hydrogens (tertiary/aromatic N) is 4. The summed E-state index contributed by atoms with van der Waals surface area (Å²) >= 11 is 0. The monoisotopic (exact) mass is 400 g/mol. The average Bonchev–Trinajstić information content (AvgIpc) is 3.08. The third kappa shape index (κ3) is 3.99. The van der Waals surface area contributed by atoms with Crippen LogP contribution in [0.5, 0.6) is 5.75 Å². The maximum Gasteiger partial charge on any atom is 0.308 e. The van der Waals surface area contributed by atoms with Gasteiger partial charge >= 0.3 is 5.97 Å². The Morgan fingerprint density at radius 2 is 2.03 bits per heavy atom. The molecule has 2 aliphatic rings. The normalized spacial score (nSPS) is 22.2. The van der Waals surface area contributed by atoms with Crippen LogP contribution in [0, 0.1) is 5.92 Å². The van der Waals surface area contributed by atoms with E-state index in [1.54, 1.807) is 11.7 Å². The van der Waals surface area contributed by atoms with E-state index in [9.17, 15) is 9.90 Å². The molecule has 4 rings (SSSR count). The second kappa shape index (κ2) is 8.49. The van der Waals surface area contributed by atoms with E-state index in [0.29, 0.717) is 29.4 Å². The van der Waals surface area contributed by atoms with E-state index in [1.807, 2.05) is 12.1 Å². The van der Waals surface area contributed by atoms with Crippen molar-refractivity contribution in [2.24, 2.45) is 13.0 Å². The van der Waals surface area contributed by atoms with E-state index in [4.69, 9.17) is 14.5 Å². The number of aliphatic hydroxyl groups is 1. The second-order valence-corrected chi connectivity index (χ2v) is 8.00. The summed E-state index contributed by atoms with van der Waals surface area (Å²) in [5.74, 6) is 0.928. The smallest absolute Gasteiger partial charge is 0.308 e. The van der Waals surface area contributed by atoms with Gasteiger partial charge in [-0.3, -0.25) is 4.79 Å². The summed E-state index contributed by atoms with van der Waals surface area (Å²) in [7, 11) is 3.20. The average molecular weight is 400 g/mol. The third-order valence-corrected chi connectivity index (χ3v) is 6.17. The van der Waals surface area contributed by atoms with Crippen LogP contribution in [0.25, 0.3) is 11.4 Å². The van der Waals surface area contributed by atoms with Gasteiger partial charge in [0.15, 0.2) is 0 Å². The molecule has 0 unspecified atom stereocenters. The number of aliphatic hydroxyl groups excluding tert-OH is 1. The molecule has 0 spiro atoms. The van der Waals surface area contributed by atoms with Crippen molar-refractivity contribution in [2.75, 3.05) is 7.11 Å².